The maximum absolute atomic E-state index is 13.9. The van der Waals surface area contributed by atoms with Crippen molar-refractivity contribution in [2.45, 2.75) is 108 Å². The Morgan fingerprint density at radius 2 is 1.69 bits per heavy atom. The molecule has 0 saturated carbocycles. The number of ether oxygens (including phenoxy) is 7. The predicted molar refractivity (Wildman–Crippen MR) is 189 cm³/mol. The highest BCUT2D eigenvalue weighted by Crippen LogP contribution is 2.56. The number of ketones is 1. The van der Waals surface area contributed by atoms with Crippen LogP contribution in [0.25, 0.3) is 0 Å². The Kier molecular flexibility index (Phi) is 15.3. The number of aliphatic hydroxyl groups is 2. The minimum absolute atomic E-state index is 0.0708. The van der Waals surface area contributed by atoms with E-state index in [4.69, 9.17) is 28.4 Å². The average molecular weight is 761 g/mol. The topological polar surface area (TPSA) is 207 Å². The molecule has 2 saturated heterocycles. The van der Waals surface area contributed by atoms with E-state index in [9.17, 15) is 39.0 Å². The van der Waals surface area contributed by atoms with E-state index in [1.807, 2.05) is 58.0 Å². The van der Waals surface area contributed by atoms with Gasteiger partial charge in [-0.25, -0.2) is 14.4 Å². The average Bonchev–Trinajstić information content (AvgIpc) is 3.36. The third-order valence-corrected chi connectivity index (χ3v) is 9.99. The molecule has 3 rings (SSSR count). The highest BCUT2D eigenvalue weighted by atomic mass is 16.8. The number of aliphatic hydroxyl groups excluding tert-OH is 1. The molecule has 2 bridgehead atoms. The van der Waals surface area contributed by atoms with Crippen molar-refractivity contribution < 1.29 is 72.1 Å². The third kappa shape index (κ3) is 9.08. The number of carbonyl (C=O) groups excluding carboxylic acids is 6. The van der Waals surface area contributed by atoms with Crippen molar-refractivity contribution in [2.24, 2.45) is 17.8 Å². The lowest BCUT2D eigenvalue weighted by atomic mass is 9.73. The number of allylic oxidation sites excluding steroid dienone is 1. The second-order valence-corrected chi connectivity index (χ2v) is 14.0. The molecule has 2 fully saturated rings. The van der Waals surface area contributed by atoms with Gasteiger partial charge in [0.2, 0.25) is 17.2 Å². The van der Waals surface area contributed by atoms with Gasteiger partial charge in [0.15, 0.2) is 18.8 Å². The van der Waals surface area contributed by atoms with Gasteiger partial charge in [0.25, 0.3) is 12.1 Å². The first-order valence-electron chi connectivity index (χ1n) is 17.8. The number of carbonyl (C=O) groups is 6. The fourth-order valence-electron chi connectivity index (χ4n) is 7.12. The Hall–Kier alpha value is -4.44. The highest BCUT2D eigenvalue weighted by Gasteiger charge is 2.86. The van der Waals surface area contributed by atoms with Crippen LogP contribution in [0.3, 0.4) is 0 Å². The summed E-state index contributed by atoms with van der Waals surface area (Å²) in [5.74, 6) is -8.71. The van der Waals surface area contributed by atoms with E-state index < -0.39 is 84.1 Å². The molecule has 298 valence electrons. The van der Waals surface area contributed by atoms with Crippen LogP contribution in [-0.4, -0.2) is 109 Å². The molecule has 2 aliphatic heterocycles. The van der Waals surface area contributed by atoms with Crippen LogP contribution in [0.5, 0.6) is 0 Å². The summed E-state index contributed by atoms with van der Waals surface area (Å²) in [4.78, 5) is 77.8. The van der Waals surface area contributed by atoms with Crippen molar-refractivity contribution in [3.8, 4) is 0 Å². The summed E-state index contributed by atoms with van der Waals surface area (Å²) in [6, 6.07) is 9.41. The summed E-state index contributed by atoms with van der Waals surface area (Å²) in [7, 11) is 1.71. The Balaban J connectivity index is 2.14. The van der Waals surface area contributed by atoms with Crippen molar-refractivity contribution in [2.75, 3.05) is 20.8 Å². The molecule has 0 radical (unpaired) electrons. The number of hydrogen-bond donors (Lipinski definition) is 2. The van der Waals surface area contributed by atoms with E-state index in [1.54, 1.807) is 6.08 Å². The first-order chi connectivity index (χ1) is 25.5. The fraction of sp³-hybridized carbons (Fsp3) is 0.590. The molecule has 54 heavy (non-hydrogen) atoms. The van der Waals surface area contributed by atoms with Crippen LogP contribution in [0.15, 0.2) is 54.6 Å². The van der Waals surface area contributed by atoms with Crippen molar-refractivity contribution in [3.05, 3.63) is 60.2 Å². The summed E-state index contributed by atoms with van der Waals surface area (Å²) in [5, 5.41) is 24.3. The lowest BCUT2D eigenvalue weighted by Crippen LogP contribution is -2.78. The first-order valence-corrected chi connectivity index (χ1v) is 17.8. The van der Waals surface area contributed by atoms with Crippen molar-refractivity contribution in [3.63, 3.8) is 0 Å². The van der Waals surface area contributed by atoms with Crippen LogP contribution in [0.2, 0.25) is 0 Å². The molecule has 10 atom stereocenters. The minimum Gasteiger partial charge on any atom is -0.467 e. The number of Topliss-reactive ketones (excluding diaryl/α,β-unsaturated/α-hetero) is 1. The molecule has 0 aliphatic carbocycles. The molecule has 0 aromatic heterocycles. The quantitative estimate of drug-likeness (QED) is 0.0644. The number of methoxy groups -OCH3 is 2. The molecule has 2 aliphatic rings. The van der Waals surface area contributed by atoms with Gasteiger partial charge in [-0.1, -0.05) is 77.1 Å². The fourth-order valence-corrected chi connectivity index (χ4v) is 7.12. The van der Waals surface area contributed by atoms with E-state index in [1.165, 1.54) is 6.92 Å². The zero-order valence-electron chi connectivity index (χ0n) is 31.8. The molecule has 15 nitrogen and oxygen atoms in total. The van der Waals surface area contributed by atoms with Gasteiger partial charge in [0.1, 0.15) is 12.2 Å². The van der Waals surface area contributed by atoms with Gasteiger partial charge in [-0.05, 0) is 42.2 Å². The molecule has 0 unspecified atom stereocenters. The zero-order valence-corrected chi connectivity index (χ0v) is 31.8. The van der Waals surface area contributed by atoms with Crippen molar-refractivity contribution >= 4 is 36.1 Å². The van der Waals surface area contributed by atoms with Crippen LogP contribution in [0, 0.1) is 17.8 Å². The number of fused-ring (bicyclic) bond motifs is 2. The molecule has 2 heterocycles. The second-order valence-electron chi connectivity index (χ2n) is 14.0. The SMILES string of the molecule is C=C(CC[C@]12O[C@H](C(=O)COC=O)[C@@](O)(C(=O)OC)[C@](C(=O)OC)(O1)[C@H](OC(=O)/C=C/[C@@H](C)C[C@@H](C)CC)[C@H]2O)[C@@H](OC(C)=O)[C@H](C)Cc1ccccc1. The van der Waals surface area contributed by atoms with Crippen molar-refractivity contribution in [1.29, 1.82) is 0 Å². The normalized spacial score (nSPS) is 28.2. The standard InChI is InChI=1S/C39H52O15/c1-9-23(2)19-24(3)15-16-30(43)52-34-32(44)37(18-17-25(4)31(51-27(6)41)26(5)20-28-13-11-10-12-14-28)53-33(29(42)21-50-22-40)38(47,35(45)48-7)39(34,54-37)36(46)49-8/h10-16,22-24,26,31-34,44,47H,4,9,17-21H2,1-3,5-8H3/b16-15+/t23-,24+,26+,31+,32+,33+,34+,37-,38+,39-/m0/s1. The molecule has 1 aromatic rings. The van der Waals surface area contributed by atoms with Crippen LogP contribution in [0.1, 0.15) is 65.9 Å². The lowest BCUT2D eigenvalue weighted by molar-refractivity contribution is -0.372. The van der Waals surface area contributed by atoms with Crippen LogP contribution in [-0.2, 0) is 68.3 Å². The summed E-state index contributed by atoms with van der Waals surface area (Å²) in [5.41, 5.74) is -5.41. The van der Waals surface area contributed by atoms with Gasteiger partial charge in [0, 0.05) is 25.3 Å². The molecular formula is C39H52O15. The molecule has 0 spiro atoms. The molecule has 15 heteroatoms. The third-order valence-electron chi connectivity index (χ3n) is 9.99. The van der Waals surface area contributed by atoms with Gasteiger partial charge in [0.05, 0.1) is 14.2 Å². The van der Waals surface area contributed by atoms with Gasteiger partial charge in [-0.15, -0.1) is 0 Å². The Morgan fingerprint density at radius 1 is 1.04 bits per heavy atom. The number of esters is 4. The zero-order chi connectivity index (χ0) is 40.4. The van der Waals surface area contributed by atoms with Gasteiger partial charge < -0.3 is 43.4 Å². The molecular weight excluding hydrogens is 708 g/mol. The van der Waals surface area contributed by atoms with Gasteiger partial charge in [-0.3, -0.25) is 14.4 Å². The van der Waals surface area contributed by atoms with E-state index >= 15 is 0 Å². The number of benzene rings is 1. The molecule has 2 N–H and O–H groups in total. The van der Waals surface area contributed by atoms with Crippen LogP contribution >= 0.6 is 0 Å². The first kappa shape index (κ1) is 44.0. The number of hydrogen-bond acceptors (Lipinski definition) is 15. The summed E-state index contributed by atoms with van der Waals surface area (Å²) >= 11 is 0. The van der Waals surface area contributed by atoms with Crippen LogP contribution in [0.4, 0.5) is 0 Å². The summed E-state index contributed by atoms with van der Waals surface area (Å²) < 4.78 is 37.8. The summed E-state index contributed by atoms with van der Waals surface area (Å²) in [6.07, 6.45) is -3.63. The van der Waals surface area contributed by atoms with Crippen molar-refractivity contribution in [1.82, 2.24) is 0 Å². The maximum Gasteiger partial charge on any atom is 0.346 e. The van der Waals surface area contributed by atoms with Gasteiger partial charge in [-0.2, -0.15) is 0 Å². The van der Waals surface area contributed by atoms with Gasteiger partial charge >= 0.3 is 23.9 Å². The monoisotopic (exact) mass is 760 g/mol. The molecule has 0 amide bonds. The molecule has 1 aromatic carbocycles. The van der Waals surface area contributed by atoms with E-state index in [0.717, 1.165) is 38.7 Å². The Bertz CT molecular complexity index is 1560. The smallest absolute Gasteiger partial charge is 0.346 e. The predicted octanol–water partition coefficient (Wildman–Crippen LogP) is 2.72. The summed E-state index contributed by atoms with van der Waals surface area (Å²) in [6.45, 7) is 12.0. The van der Waals surface area contributed by atoms with E-state index in [2.05, 4.69) is 11.3 Å². The number of rotatable bonds is 20. The second kappa shape index (κ2) is 18.7. The maximum atomic E-state index is 13.9. The Labute approximate surface area is 314 Å². The van der Waals surface area contributed by atoms with E-state index in [-0.39, 0.29) is 24.7 Å². The van der Waals surface area contributed by atoms with E-state index in [0.29, 0.717) is 17.9 Å². The lowest BCUT2D eigenvalue weighted by Gasteiger charge is -2.50. The Morgan fingerprint density at radius 3 is 2.26 bits per heavy atom. The minimum atomic E-state index is -3.49. The van der Waals surface area contributed by atoms with Crippen LogP contribution < -0.4 is 0 Å². The highest BCUT2D eigenvalue weighted by molar-refractivity contribution is 6.01. The largest absolute Gasteiger partial charge is 0.467 e.